The van der Waals surface area contributed by atoms with Crippen molar-refractivity contribution in [1.29, 1.82) is 0 Å². The van der Waals surface area contributed by atoms with Crippen molar-refractivity contribution < 1.29 is 4.79 Å². The predicted octanol–water partition coefficient (Wildman–Crippen LogP) is 2.00. The molecule has 0 heterocycles. The Morgan fingerprint density at radius 1 is 1.44 bits per heavy atom. The highest BCUT2D eigenvalue weighted by atomic mass is 79.9. The van der Waals surface area contributed by atoms with Gasteiger partial charge in [-0.15, -0.1) is 0 Å². The Morgan fingerprint density at radius 3 is 2.81 bits per heavy atom. The van der Waals surface area contributed by atoms with Crippen LogP contribution < -0.4 is 11.1 Å². The highest BCUT2D eigenvalue weighted by Crippen LogP contribution is 2.15. The van der Waals surface area contributed by atoms with Gasteiger partial charge < -0.3 is 11.1 Å². The van der Waals surface area contributed by atoms with Gasteiger partial charge in [0.15, 0.2) is 0 Å². The third-order valence-corrected chi connectivity index (χ3v) is 2.45. The molecule has 3 nitrogen and oxygen atoms in total. The van der Waals surface area contributed by atoms with Gasteiger partial charge in [-0.2, -0.15) is 0 Å². The topological polar surface area (TPSA) is 55.1 Å². The van der Waals surface area contributed by atoms with Gasteiger partial charge in [-0.1, -0.05) is 28.1 Å². The van der Waals surface area contributed by atoms with E-state index in [0.29, 0.717) is 18.7 Å². The molecule has 0 unspecified atom stereocenters. The maximum absolute atomic E-state index is 11.7. The van der Waals surface area contributed by atoms with E-state index in [9.17, 15) is 4.79 Å². The first-order chi connectivity index (χ1) is 7.63. The Bertz CT molecular complexity index is 382. The average molecular weight is 283 g/mol. The highest BCUT2D eigenvalue weighted by Gasteiger charge is 2.05. The van der Waals surface area contributed by atoms with Gasteiger partial charge in [-0.05, 0) is 30.7 Å². The van der Waals surface area contributed by atoms with Gasteiger partial charge in [-0.3, -0.25) is 4.79 Å². The average Bonchev–Trinajstić information content (AvgIpc) is 2.22. The number of benzene rings is 1. The second-order valence-electron chi connectivity index (χ2n) is 3.43. The first-order valence-corrected chi connectivity index (χ1v) is 5.83. The molecule has 0 fully saturated rings. The maximum atomic E-state index is 11.7. The number of nitrogens with two attached hydrogens (primary N) is 1. The Kier molecular flexibility index (Phi) is 5.22. The summed E-state index contributed by atoms with van der Waals surface area (Å²) < 4.78 is 0.912. The Balaban J connectivity index is 2.62. The van der Waals surface area contributed by atoms with Crippen LogP contribution in [0.3, 0.4) is 0 Å². The minimum absolute atomic E-state index is 0.0777. The van der Waals surface area contributed by atoms with Crippen molar-refractivity contribution in [2.75, 3.05) is 13.1 Å². The van der Waals surface area contributed by atoms with Crippen LogP contribution in [0.1, 0.15) is 15.9 Å². The normalized spacial score (nSPS) is 10.7. The Hall–Kier alpha value is -1.13. The number of rotatable bonds is 4. The van der Waals surface area contributed by atoms with Crippen molar-refractivity contribution in [3.05, 3.63) is 46.0 Å². The molecule has 3 N–H and O–H groups in total. The second-order valence-corrected chi connectivity index (χ2v) is 4.35. The van der Waals surface area contributed by atoms with Crippen molar-refractivity contribution in [3.63, 3.8) is 0 Å². The molecule has 0 saturated heterocycles. The smallest absolute Gasteiger partial charge is 0.251 e. The molecule has 0 aromatic heterocycles. The van der Waals surface area contributed by atoms with E-state index >= 15 is 0 Å². The number of carbonyl (C=O) groups is 1. The molecule has 1 aromatic rings. The van der Waals surface area contributed by atoms with Crippen molar-refractivity contribution in [3.8, 4) is 0 Å². The minimum atomic E-state index is -0.0777. The second kappa shape index (κ2) is 6.45. The fourth-order valence-corrected chi connectivity index (χ4v) is 1.91. The van der Waals surface area contributed by atoms with Crippen LogP contribution in [0.4, 0.5) is 0 Å². The minimum Gasteiger partial charge on any atom is -0.349 e. The highest BCUT2D eigenvalue weighted by molar-refractivity contribution is 9.10. The van der Waals surface area contributed by atoms with E-state index in [1.807, 2.05) is 31.2 Å². The van der Waals surface area contributed by atoms with Crippen LogP contribution in [0.25, 0.3) is 0 Å². The summed E-state index contributed by atoms with van der Waals surface area (Å²) in [4.78, 5) is 11.7. The molecule has 1 rings (SSSR count). The van der Waals surface area contributed by atoms with Gasteiger partial charge in [0.2, 0.25) is 0 Å². The maximum Gasteiger partial charge on any atom is 0.251 e. The zero-order chi connectivity index (χ0) is 12.0. The molecule has 0 bridgehead atoms. The molecule has 0 spiro atoms. The van der Waals surface area contributed by atoms with Crippen molar-refractivity contribution in [1.82, 2.24) is 5.32 Å². The quantitative estimate of drug-likeness (QED) is 0.830. The van der Waals surface area contributed by atoms with Gasteiger partial charge in [0, 0.05) is 23.1 Å². The number of carbonyl (C=O) groups excluding carboxylic acids is 1. The largest absolute Gasteiger partial charge is 0.349 e. The molecule has 0 aliphatic heterocycles. The standard InChI is InChI=1S/C12H15BrN2O/c1-9-6-10(8-11(13)7-9)12(16)15-5-3-2-4-14/h2-3,6-8H,4-5,14H2,1H3,(H,15,16)/b3-2+. The summed E-state index contributed by atoms with van der Waals surface area (Å²) in [6.07, 6.45) is 3.65. The van der Waals surface area contributed by atoms with Crippen LogP contribution in [-0.2, 0) is 0 Å². The molecule has 0 aliphatic carbocycles. The summed E-state index contributed by atoms with van der Waals surface area (Å²) >= 11 is 3.36. The lowest BCUT2D eigenvalue weighted by molar-refractivity contribution is 0.0958. The van der Waals surface area contributed by atoms with Gasteiger partial charge in [0.05, 0.1) is 0 Å². The number of hydrogen-bond donors (Lipinski definition) is 2. The lowest BCUT2D eigenvalue weighted by Gasteiger charge is -2.04. The summed E-state index contributed by atoms with van der Waals surface area (Å²) in [5, 5.41) is 2.79. The van der Waals surface area contributed by atoms with E-state index < -0.39 is 0 Å². The lowest BCUT2D eigenvalue weighted by Crippen LogP contribution is -2.23. The fourth-order valence-electron chi connectivity index (χ4n) is 1.30. The first-order valence-electron chi connectivity index (χ1n) is 5.04. The fraction of sp³-hybridized carbons (Fsp3) is 0.250. The zero-order valence-corrected chi connectivity index (χ0v) is 10.8. The molecule has 86 valence electrons. The van der Waals surface area contributed by atoms with E-state index in [0.717, 1.165) is 10.0 Å². The molecular weight excluding hydrogens is 268 g/mol. The van der Waals surface area contributed by atoms with Crippen LogP contribution >= 0.6 is 15.9 Å². The van der Waals surface area contributed by atoms with Crippen LogP contribution in [0.5, 0.6) is 0 Å². The SMILES string of the molecule is Cc1cc(Br)cc(C(=O)NC/C=C/CN)c1. The van der Waals surface area contributed by atoms with E-state index in [4.69, 9.17) is 5.73 Å². The Morgan fingerprint density at radius 2 is 2.19 bits per heavy atom. The van der Waals surface area contributed by atoms with Crippen molar-refractivity contribution >= 4 is 21.8 Å². The number of nitrogens with one attached hydrogen (secondary N) is 1. The van der Waals surface area contributed by atoms with E-state index in [-0.39, 0.29) is 5.91 Å². The summed E-state index contributed by atoms with van der Waals surface area (Å²) in [6.45, 7) is 2.95. The molecule has 0 aliphatic rings. The number of hydrogen-bond acceptors (Lipinski definition) is 2. The molecule has 0 radical (unpaired) electrons. The van der Waals surface area contributed by atoms with E-state index in [2.05, 4.69) is 21.2 Å². The molecule has 1 aromatic carbocycles. The predicted molar refractivity (Wildman–Crippen MR) is 69.4 cm³/mol. The van der Waals surface area contributed by atoms with Gasteiger partial charge in [0.25, 0.3) is 5.91 Å². The van der Waals surface area contributed by atoms with E-state index in [1.165, 1.54) is 0 Å². The summed E-state index contributed by atoms with van der Waals surface area (Å²) in [5.41, 5.74) is 7.00. The van der Waals surface area contributed by atoms with Crippen LogP contribution in [0.2, 0.25) is 0 Å². The summed E-state index contributed by atoms with van der Waals surface area (Å²) in [6, 6.07) is 5.62. The van der Waals surface area contributed by atoms with Crippen LogP contribution in [0.15, 0.2) is 34.8 Å². The zero-order valence-electron chi connectivity index (χ0n) is 9.16. The molecule has 0 saturated carbocycles. The molecular formula is C12H15BrN2O. The van der Waals surface area contributed by atoms with Crippen molar-refractivity contribution in [2.45, 2.75) is 6.92 Å². The van der Waals surface area contributed by atoms with Gasteiger partial charge in [-0.25, -0.2) is 0 Å². The molecule has 1 amide bonds. The van der Waals surface area contributed by atoms with Gasteiger partial charge >= 0.3 is 0 Å². The first kappa shape index (κ1) is 12.9. The third-order valence-electron chi connectivity index (χ3n) is 1.99. The monoisotopic (exact) mass is 282 g/mol. The number of aryl methyl sites for hydroxylation is 1. The van der Waals surface area contributed by atoms with E-state index in [1.54, 1.807) is 6.07 Å². The summed E-state index contributed by atoms with van der Waals surface area (Å²) in [5.74, 6) is -0.0777. The molecule has 0 atom stereocenters. The van der Waals surface area contributed by atoms with Crippen LogP contribution in [0, 0.1) is 6.92 Å². The van der Waals surface area contributed by atoms with Gasteiger partial charge in [0.1, 0.15) is 0 Å². The van der Waals surface area contributed by atoms with Crippen molar-refractivity contribution in [2.24, 2.45) is 5.73 Å². The number of halogens is 1. The third kappa shape index (κ3) is 4.16. The lowest BCUT2D eigenvalue weighted by atomic mass is 10.1. The Labute approximate surface area is 104 Å². The summed E-state index contributed by atoms with van der Waals surface area (Å²) in [7, 11) is 0. The number of amides is 1. The molecule has 16 heavy (non-hydrogen) atoms. The molecule has 4 heteroatoms. The van der Waals surface area contributed by atoms with Crippen LogP contribution in [-0.4, -0.2) is 19.0 Å².